The van der Waals surface area contributed by atoms with Gasteiger partial charge < -0.3 is 4.74 Å². The van der Waals surface area contributed by atoms with Crippen LogP contribution in [0.3, 0.4) is 0 Å². The van der Waals surface area contributed by atoms with Gasteiger partial charge in [-0.15, -0.1) is 11.6 Å². The first-order chi connectivity index (χ1) is 10.0. The number of halogens is 2. The third kappa shape index (κ3) is 3.74. The molecular formula is C15H13BrClNO3. The Labute approximate surface area is 136 Å². The summed E-state index contributed by atoms with van der Waals surface area (Å²) in [6, 6.07) is 10.4. The van der Waals surface area contributed by atoms with Gasteiger partial charge in [0.05, 0.1) is 10.8 Å². The van der Waals surface area contributed by atoms with Gasteiger partial charge >= 0.3 is 0 Å². The van der Waals surface area contributed by atoms with E-state index >= 15 is 0 Å². The minimum absolute atomic E-state index is 0.0444. The third-order valence-electron chi connectivity index (χ3n) is 3.06. The summed E-state index contributed by atoms with van der Waals surface area (Å²) in [6.45, 7) is 2.27. The van der Waals surface area contributed by atoms with Crippen molar-refractivity contribution in [3.63, 3.8) is 0 Å². The second-order valence-electron chi connectivity index (χ2n) is 4.52. The molecule has 0 unspecified atom stereocenters. The zero-order valence-corrected chi connectivity index (χ0v) is 13.6. The Balaban J connectivity index is 2.19. The second-order valence-corrected chi connectivity index (χ2v) is 5.64. The van der Waals surface area contributed by atoms with Crippen molar-refractivity contribution >= 4 is 33.2 Å². The van der Waals surface area contributed by atoms with Crippen molar-refractivity contribution in [2.45, 2.75) is 19.4 Å². The van der Waals surface area contributed by atoms with E-state index in [1.165, 1.54) is 12.1 Å². The first-order valence-electron chi connectivity index (χ1n) is 6.23. The first-order valence-corrected chi connectivity index (χ1v) is 7.55. The molecule has 110 valence electrons. The van der Waals surface area contributed by atoms with E-state index in [-0.39, 0.29) is 5.69 Å². The molecule has 0 bridgehead atoms. The Morgan fingerprint density at radius 2 is 2.05 bits per heavy atom. The van der Waals surface area contributed by atoms with E-state index in [0.29, 0.717) is 17.0 Å². The summed E-state index contributed by atoms with van der Waals surface area (Å²) >= 11 is 9.24. The van der Waals surface area contributed by atoms with Crippen molar-refractivity contribution in [1.82, 2.24) is 0 Å². The molecular weight excluding hydrogens is 358 g/mol. The number of hydrogen-bond acceptors (Lipinski definition) is 3. The fraction of sp³-hybridized carbons (Fsp3) is 0.200. The number of rotatable bonds is 5. The molecule has 21 heavy (non-hydrogen) atoms. The van der Waals surface area contributed by atoms with Crippen LogP contribution in [0.2, 0.25) is 0 Å². The van der Waals surface area contributed by atoms with Crippen LogP contribution in [0.5, 0.6) is 5.75 Å². The quantitative estimate of drug-likeness (QED) is 0.423. The number of para-hydroxylation sites is 1. The molecule has 0 spiro atoms. The average Bonchev–Trinajstić information content (AvgIpc) is 2.46. The molecule has 2 aromatic rings. The van der Waals surface area contributed by atoms with Gasteiger partial charge in [0.15, 0.2) is 0 Å². The van der Waals surface area contributed by atoms with Crippen LogP contribution in [0.25, 0.3) is 0 Å². The summed E-state index contributed by atoms with van der Waals surface area (Å²) in [6.07, 6.45) is 0. The van der Waals surface area contributed by atoms with Crippen LogP contribution in [0, 0.1) is 17.0 Å². The monoisotopic (exact) mass is 369 g/mol. The Morgan fingerprint density at radius 1 is 1.29 bits per heavy atom. The first kappa shape index (κ1) is 15.8. The number of nitro groups is 1. The molecule has 0 saturated carbocycles. The molecule has 0 aliphatic rings. The lowest BCUT2D eigenvalue weighted by Crippen LogP contribution is -2.01. The van der Waals surface area contributed by atoms with Crippen LogP contribution in [0.15, 0.2) is 40.9 Å². The molecule has 0 N–H and O–H groups in total. The van der Waals surface area contributed by atoms with Crippen molar-refractivity contribution in [2.24, 2.45) is 0 Å². The van der Waals surface area contributed by atoms with Crippen LogP contribution >= 0.6 is 27.5 Å². The minimum atomic E-state index is -0.428. The highest BCUT2D eigenvalue weighted by Gasteiger charge is 2.11. The molecule has 0 amide bonds. The molecule has 0 aromatic heterocycles. The van der Waals surface area contributed by atoms with Gasteiger partial charge in [-0.25, -0.2) is 0 Å². The van der Waals surface area contributed by atoms with Gasteiger partial charge in [0.2, 0.25) is 0 Å². The number of alkyl halides is 1. The van der Waals surface area contributed by atoms with Crippen molar-refractivity contribution < 1.29 is 9.66 Å². The molecule has 0 fully saturated rings. The van der Waals surface area contributed by atoms with E-state index in [1.807, 2.05) is 25.1 Å². The number of hydrogen-bond donors (Lipinski definition) is 0. The van der Waals surface area contributed by atoms with Crippen LogP contribution in [-0.4, -0.2) is 4.92 Å². The lowest BCUT2D eigenvalue weighted by molar-refractivity contribution is -0.384. The van der Waals surface area contributed by atoms with Gasteiger partial charge in [-0.05, 0) is 18.6 Å². The number of nitrogens with zero attached hydrogens (tertiary/aromatic N) is 1. The molecule has 0 atom stereocenters. The van der Waals surface area contributed by atoms with Crippen LogP contribution < -0.4 is 4.74 Å². The van der Waals surface area contributed by atoms with Crippen LogP contribution in [0.1, 0.15) is 16.7 Å². The smallest absolute Gasteiger partial charge is 0.270 e. The second kappa shape index (κ2) is 6.91. The van der Waals surface area contributed by atoms with Gasteiger partial charge in [-0.1, -0.05) is 34.1 Å². The zero-order valence-electron chi connectivity index (χ0n) is 11.3. The molecule has 2 rings (SSSR count). The molecule has 0 saturated heterocycles. The van der Waals surface area contributed by atoms with Crippen molar-refractivity contribution in [3.05, 3.63) is 67.7 Å². The van der Waals surface area contributed by atoms with Crippen LogP contribution in [-0.2, 0) is 12.5 Å². The molecule has 0 heterocycles. The molecule has 2 aromatic carbocycles. The Kier molecular flexibility index (Phi) is 5.20. The molecule has 0 aliphatic carbocycles. The van der Waals surface area contributed by atoms with Gasteiger partial charge in [0, 0.05) is 27.7 Å². The number of aryl methyl sites for hydroxylation is 1. The van der Waals surface area contributed by atoms with Crippen LogP contribution in [0.4, 0.5) is 5.69 Å². The summed E-state index contributed by atoms with van der Waals surface area (Å²) in [4.78, 5) is 10.3. The highest BCUT2D eigenvalue weighted by molar-refractivity contribution is 9.10. The van der Waals surface area contributed by atoms with Crippen molar-refractivity contribution in [2.75, 3.05) is 0 Å². The maximum absolute atomic E-state index is 10.7. The maximum Gasteiger partial charge on any atom is 0.270 e. The topological polar surface area (TPSA) is 52.4 Å². The maximum atomic E-state index is 10.7. The van der Waals surface area contributed by atoms with Crippen molar-refractivity contribution in [1.29, 1.82) is 0 Å². The Morgan fingerprint density at radius 3 is 2.67 bits per heavy atom. The minimum Gasteiger partial charge on any atom is -0.488 e. The Bertz CT molecular complexity index is 676. The van der Waals surface area contributed by atoms with E-state index in [1.54, 1.807) is 6.07 Å². The molecule has 6 heteroatoms. The SMILES string of the molecule is Cc1cccc(CCl)c1OCc1ccc([N+](=O)[O-])cc1Br. The lowest BCUT2D eigenvalue weighted by atomic mass is 10.1. The molecule has 4 nitrogen and oxygen atoms in total. The van der Waals surface area contributed by atoms with Crippen molar-refractivity contribution in [3.8, 4) is 5.75 Å². The van der Waals surface area contributed by atoms with E-state index in [4.69, 9.17) is 16.3 Å². The fourth-order valence-electron chi connectivity index (χ4n) is 1.94. The summed E-state index contributed by atoms with van der Waals surface area (Å²) in [5.74, 6) is 1.14. The van der Waals surface area contributed by atoms with Gasteiger partial charge in [0.1, 0.15) is 12.4 Å². The van der Waals surface area contributed by atoms with Gasteiger partial charge in [-0.2, -0.15) is 0 Å². The highest BCUT2D eigenvalue weighted by atomic mass is 79.9. The van der Waals surface area contributed by atoms with Gasteiger partial charge in [0.25, 0.3) is 5.69 Å². The molecule has 0 radical (unpaired) electrons. The summed E-state index contributed by atoms with van der Waals surface area (Å²) in [5.41, 5.74) is 2.81. The number of ether oxygens (including phenoxy) is 1. The predicted molar refractivity (Wildman–Crippen MR) is 85.9 cm³/mol. The average molecular weight is 371 g/mol. The summed E-state index contributed by atoms with van der Waals surface area (Å²) in [5, 5.41) is 10.7. The number of benzene rings is 2. The molecule has 0 aliphatic heterocycles. The number of nitro benzene ring substituents is 1. The highest BCUT2D eigenvalue weighted by Crippen LogP contribution is 2.28. The van der Waals surface area contributed by atoms with E-state index < -0.39 is 4.92 Å². The third-order valence-corrected chi connectivity index (χ3v) is 4.08. The van der Waals surface area contributed by atoms with Gasteiger partial charge in [-0.3, -0.25) is 10.1 Å². The number of non-ortho nitro benzene ring substituents is 1. The van der Waals surface area contributed by atoms with E-state index in [2.05, 4.69) is 15.9 Å². The van der Waals surface area contributed by atoms with E-state index in [9.17, 15) is 10.1 Å². The standard InChI is InChI=1S/C15H13BrClNO3/c1-10-3-2-4-11(8-17)15(10)21-9-12-5-6-13(18(19)20)7-14(12)16/h2-7H,8-9H2,1H3. The van der Waals surface area contributed by atoms with E-state index in [0.717, 1.165) is 22.4 Å². The largest absolute Gasteiger partial charge is 0.488 e. The summed E-state index contributed by atoms with van der Waals surface area (Å²) < 4.78 is 6.49. The zero-order chi connectivity index (χ0) is 15.4. The Hall–Kier alpha value is -1.59. The lowest BCUT2D eigenvalue weighted by Gasteiger charge is -2.13. The summed E-state index contributed by atoms with van der Waals surface area (Å²) in [7, 11) is 0. The predicted octanol–water partition coefficient (Wildman–Crippen LogP) is 4.98. The normalized spacial score (nSPS) is 10.4. The fourth-order valence-corrected chi connectivity index (χ4v) is 2.63.